The van der Waals surface area contributed by atoms with Gasteiger partial charge in [0.2, 0.25) is 0 Å². The molecule has 4 heteroatoms. The van der Waals surface area contributed by atoms with Crippen molar-refractivity contribution in [2.24, 2.45) is 11.8 Å². The molecular formula is C15H25N3O. The number of anilines is 1. The zero-order valence-corrected chi connectivity index (χ0v) is 12.4. The van der Waals surface area contributed by atoms with Crippen LogP contribution in [-0.4, -0.2) is 23.9 Å². The molecule has 1 atom stereocenters. The summed E-state index contributed by atoms with van der Waals surface area (Å²) in [4.78, 5) is 14.4. The summed E-state index contributed by atoms with van der Waals surface area (Å²) in [6, 6.07) is 5.67. The third kappa shape index (κ3) is 3.96. The Morgan fingerprint density at radius 2 is 2.11 bits per heavy atom. The zero-order chi connectivity index (χ0) is 14.4. The van der Waals surface area contributed by atoms with Crippen molar-refractivity contribution in [2.45, 2.75) is 34.1 Å². The van der Waals surface area contributed by atoms with E-state index in [1.54, 1.807) is 0 Å². The minimum absolute atomic E-state index is 0.0377. The number of hydrazine groups is 1. The first kappa shape index (κ1) is 15.5. The largest absolute Gasteiger partial charge is 0.339 e. The summed E-state index contributed by atoms with van der Waals surface area (Å²) in [5, 5.41) is 0. The van der Waals surface area contributed by atoms with E-state index >= 15 is 0 Å². The zero-order valence-electron chi connectivity index (χ0n) is 12.4. The van der Waals surface area contributed by atoms with Gasteiger partial charge in [-0.15, -0.1) is 0 Å². The molecular weight excluding hydrogens is 238 g/mol. The lowest BCUT2D eigenvalue weighted by Crippen LogP contribution is -2.35. The number of carbonyl (C=O) groups excluding carboxylic acids is 1. The molecule has 0 spiro atoms. The highest BCUT2D eigenvalue weighted by Gasteiger charge is 2.18. The van der Waals surface area contributed by atoms with Crippen LogP contribution in [0.2, 0.25) is 0 Å². The number of hydrogen-bond acceptors (Lipinski definition) is 3. The maximum atomic E-state index is 12.5. The van der Waals surface area contributed by atoms with Crippen LogP contribution in [0.15, 0.2) is 18.2 Å². The second kappa shape index (κ2) is 7.14. The normalized spacial score (nSPS) is 12.1. The van der Waals surface area contributed by atoms with Crippen molar-refractivity contribution in [1.29, 1.82) is 0 Å². The Labute approximate surface area is 115 Å². The lowest BCUT2D eigenvalue weighted by molar-refractivity contribution is 0.0742. The molecule has 19 heavy (non-hydrogen) atoms. The van der Waals surface area contributed by atoms with Crippen LogP contribution >= 0.6 is 0 Å². The highest BCUT2D eigenvalue weighted by molar-refractivity contribution is 5.99. The van der Waals surface area contributed by atoms with Gasteiger partial charge < -0.3 is 10.3 Å². The van der Waals surface area contributed by atoms with Crippen LogP contribution in [0.25, 0.3) is 0 Å². The van der Waals surface area contributed by atoms with Crippen molar-refractivity contribution >= 4 is 11.6 Å². The maximum absolute atomic E-state index is 12.5. The molecule has 4 nitrogen and oxygen atoms in total. The van der Waals surface area contributed by atoms with E-state index in [4.69, 9.17) is 5.84 Å². The number of rotatable bonds is 6. The van der Waals surface area contributed by atoms with Gasteiger partial charge in [0.1, 0.15) is 0 Å². The standard InChI is InChI=1S/C15H25N3O/c1-5-11(3)10-18(6-2)15(19)13-8-7-12(4)9-14(13)17-16/h7-9,11,17H,5-6,10,16H2,1-4H3. The summed E-state index contributed by atoms with van der Waals surface area (Å²) in [6.45, 7) is 9.77. The molecule has 0 heterocycles. The highest BCUT2D eigenvalue weighted by Crippen LogP contribution is 2.19. The van der Waals surface area contributed by atoms with Crippen LogP contribution < -0.4 is 11.3 Å². The number of amides is 1. The maximum Gasteiger partial charge on any atom is 0.256 e. The van der Waals surface area contributed by atoms with E-state index in [1.165, 1.54) is 0 Å². The van der Waals surface area contributed by atoms with Crippen molar-refractivity contribution in [3.63, 3.8) is 0 Å². The number of hydrogen-bond donors (Lipinski definition) is 2. The molecule has 1 amide bonds. The average molecular weight is 263 g/mol. The molecule has 0 saturated carbocycles. The van der Waals surface area contributed by atoms with E-state index in [0.717, 1.165) is 18.5 Å². The fraction of sp³-hybridized carbons (Fsp3) is 0.533. The van der Waals surface area contributed by atoms with Gasteiger partial charge in [-0.1, -0.05) is 26.3 Å². The third-order valence-corrected chi connectivity index (χ3v) is 3.46. The molecule has 1 rings (SSSR count). The number of nitrogens with zero attached hydrogens (tertiary/aromatic N) is 1. The van der Waals surface area contributed by atoms with Gasteiger partial charge >= 0.3 is 0 Å². The van der Waals surface area contributed by atoms with Gasteiger partial charge in [-0.2, -0.15) is 0 Å². The Kier molecular flexibility index (Phi) is 5.83. The molecule has 0 aliphatic rings. The molecule has 0 bridgehead atoms. The predicted molar refractivity (Wildman–Crippen MR) is 80.0 cm³/mol. The number of benzene rings is 1. The number of carbonyl (C=O) groups is 1. The first-order valence-electron chi connectivity index (χ1n) is 6.89. The average Bonchev–Trinajstić information content (AvgIpc) is 2.43. The molecule has 0 aliphatic heterocycles. The molecule has 106 valence electrons. The van der Waals surface area contributed by atoms with Crippen LogP contribution in [0.3, 0.4) is 0 Å². The van der Waals surface area contributed by atoms with Crippen molar-refractivity contribution < 1.29 is 4.79 Å². The van der Waals surface area contributed by atoms with Gasteiger partial charge in [0.05, 0.1) is 11.3 Å². The Bertz CT molecular complexity index is 431. The number of nitrogens with two attached hydrogens (primary N) is 1. The molecule has 0 fully saturated rings. The van der Waals surface area contributed by atoms with E-state index in [2.05, 4.69) is 19.3 Å². The lowest BCUT2D eigenvalue weighted by Gasteiger charge is -2.25. The quantitative estimate of drug-likeness (QED) is 0.613. The van der Waals surface area contributed by atoms with Gasteiger partial charge in [-0.05, 0) is 37.5 Å². The molecule has 1 aromatic carbocycles. The van der Waals surface area contributed by atoms with Crippen LogP contribution in [0, 0.1) is 12.8 Å². The monoisotopic (exact) mass is 263 g/mol. The van der Waals surface area contributed by atoms with Crippen molar-refractivity contribution in [2.75, 3.05) is 18.5 Å². The first-order valence-corrected chi connectivity index (χ1v) is 6.89. The summed E-state index contributed by atoms with van der Waals surface area (Å²) < 4.78 is 0. The van der Waals surface area contributed by atoms with E-state index in [9.17, 15) is 4.79 Å². The molecule has 0 saturated heterocycles. The summed E-state index contributed by atoms with van der Waals surface area (Å²) in [5.74, 6) is 6.05. The fourth-order valence-corrected chi connectivity index (χ4v) is 2.00. The van der Waals surface area contributed by atoms with Crippen LogP contribution in [0.4, 0.5) is 5.69 Å². The first-order chi connectivity index (χ1) is 9.03. The number of nitrogen functional groups attached to an aromatic ring is 1. The Hall–Kier alpha value is -1.55. The summed E-state index contributed by atoms with van der Waals surface area (Å²) >= 11 is 0. The van der Waals surface area contributed by atoms with E-state index in [1.807, 2.05) is 36.9 Å². The fourth-order valence-electron chi connectivity index (χ4n) is 2.00. The number of nitrogens with one attached hydrogen (secondary N) is 1. The second-order valence-electron chi connectivity index (χ2n) is 5.05. The number of aryl methyl sites for hydroxylation is 1. The molecule has 1 aromatic rings. The van der Waals surface area contributed by atoms with Gasteiger partial charge in [-0.3, -0.25) is 10.6 Å². The molecule has 0 radical (unpaired) electrons. The van der Waals surface area contributed by atoms with Gasteiger partial charge in [0.25, 0.3) is 5.91 Å². The Balaban J connectivity index is 2.97. The van der Waals surface area contributed by atoms with Crippen molar-refractivity contribution in [3.8, 4) is 0 Å². The van der Waals surface area contributed by atoms with E-state index in [-0.39, 0.29) is 5.91 Å². The second-order valence-corrected chi connectivity index (χ2v) is 5.05. The van der Waals surface area contributed by atoms with E-state index < -0.39 is 0 Å². The highest BCUT2D eigenvalue weighted by atomic mass is 16.2. The summed E-state index contributed by atoms with van der Waals surface area (Å²) in [6.07, 6.45) is 1.07. The van der Waals surface area contributed by atoms with Gasteiger partial charge in [0, 0.05) is 13.1 Å². The van der Waals surface area contributed by atoms with Crippen LogP contribution in [0.5, 0.6) is 0 Å². The summed E-state index contributed by atoms with van der Waals surface area (Å²) in [5.41, 5.74) is 5.02. The smallest absolute Gasteiger partial charge is 0.256 e. The van der Waals surface area contributed by atoms with Crippen molar-refractivity contribution in [3.05, 3.63) is 29.3 Å². The van der Waals surface area contributed by atoms with Gasteiger partial charge in [-0.25, -0.2) is 0 Å². The Morgan fingerprint density at radius 1 is 1.42 bits per heavy atom. The SMILES string of the molecule is CCC(C)CN(CC)C(=O)c1ccc(C)cc1NN. The molecule has 0 aliphatic carbocycles. The minimum atomic E-state index is 0.0377. The van der Waals surface area contributed by atoms with E-state index in [0.29, 0.717) is 23.7 Å². The minimum Gasteiger partial charge on any atom is -0.339 e. The summed E-state index contributed by atoms with van der Waals surface area (Å²) in [7, 11) is 0. The van der Waals surface area contributed by atoms with Gasteiger partial charge in [0.15, 0.2) is 0 Å². The molecule has 1 unspecified atom stereocenters. The Morgan fingerprint density at radius 3 is 2.63 bits per heavy atom. The lowest BCUT2D eigenvalue weighted by atomic mass is 10.1. The predicted octanol–water partition coefficient (Wildman–Crippen LogP) is 2.79. The topological polar surface area (TPSA) is 58.4 Å². The third-order valence-electron chi connectivity index (χ3n) is 3.46. The molecule has 3 N–H and O–H groups in total. The molecule has 0 aromatic heterocycles. The van der Waals surface area contributed by atoms with Crippen LogP contribution in [-0.2, 0) is 0 Å². The van der Waals surface area contributed by atoms with Crippen molar-refractivity contribution in [1.82, 2.24) is 4.90 Å². The van der Waals surface area contributed by atoms with Crippen LogP contribution in [0.1, 0.15) is 43.1 Å².